The molecule has 0 unspecified atom stereocenters. The van der Waals surface area contributed by atoms with Crippen molar-refractivity contribution in [1.29, 1.82) is 0 Å². The minimum atomic E-state index is -0.784. The Kier molecular flexibility index (Phi) is 6.07. The number of nitrogens with zero attached hydrogens (tertiary/aromatic N) is 3. The van der Waals surface area contributed by atoms with Gasteiger partial charge in [-0.05, 0) is 61.6 Å². The minimum absolute atomic E-state index is 0.147. The summed E-state index contributed by atoms with van der Waals surface area (Å²) in [5, 5.41) is 11.6. The third-order valence-electron chi connectivity index (χ3n) is 9.34. The molecule has 0 radical (unpaired) electrons. The second-order valence-electron chi connectivity index (χ2n) is 11.7. The van der Waals surface area contributed by atoms with Crippen LogP contribution >= 0.6 is 11.6 Å². The quantitative estimate of drug-likeness (QED) is 0.377. The first kappa shape index (κ1) is 24.9. The zero-order chi connectivity index (χ0) is 26.1. The predicted molar refractivity (Wildman–Crippen MR) is 140 cm³/mol. The molecule has 0 amide bonds. The number of halogens is 1. The van der Waals surface area contributed by atoms with Crippen LogP contribution in [0.3, 0.4) is 0 Å². The molecule has 202 valence electrons. The smallest absolute Gasteiger partial charge is 0.201 e. The first-order chi connectivity index (χ1) is 18.4. The van der Waals surface area contributed by atoms with Crippen LogP contribution in [-0.4, -0.2) is 45.6 Å². The van der Waals surface area contributed by atoms with Crippen molar-refractivity contribution in [2.45, 2.75) is 76.8 Å². The molecule has 1 aliphatic carbocycles. The Morgan fingerprint density at radius 3 is 2.89 bits per heavy atom. The Bertz CT molecular complexity index is 1350. The fraction of sp³-hybridized carbons (Fsp3) is 0.586. The van der Waals surface area contributed by atoms with E-state index >= 15 is 0 Å². The average molecular weight is 540 g/mol. The molecule has 5 fully saturated rings. The van der Waals surface area contributed by atoms with Crippen molar-refractivity contribution in [3.05, 3.63) is 53.3 Å². The van der Waals surface area contributed by atoms with Gasteiger partial charge in [0.15, 0.2) is 18.2 Å². The van der Waals surface area contributed by atoms with Gasteiger partial charge in [-0.3, -0.25) is 0 Å². The summed E-state index contributed by atoms with van der Waals surface area (Å²) in [5.74, 6) is 0.494. The van der Waals surface area contributed by atoms with Crippen LogP contribution in [0.15, 0.2) is 42.6 Å². The fourth-order valence-electron chi connectivity index (χ4n) is 7.31. The van der Waals surface area contributed by atoms with Gasteiger partial charge in [-0.1, -0.05) is 48.9 Å². The Morgan fingerprint density at radius 2 is 2.00 bits per heavy atom. The lowest BCUT2D eigenvalue weighted by atomic mass is 9.58. The maximum absolute atomic E-state index is 6.53. The van der Waals surface area contributed by atoms with Crippen molar-refractivity contribution in [3.63, 3.8) is 0 Å². The summed E-state index contributed by atoms with van der Waals surface area (Å²) < 4.78 is 21.1. The Labute approximate surface area is 227 Å². The third-order valence-corrected chi connectivity index (χ3v) is 9.58. The van der Waals surface area contributed by atoms with E-state index in [1.165, 1.54) is 6.42 Å². The SMILES string of the molecule is C[C@H]1[C@@H](OCCc2cn(-c3cccc4cc(Cl)ccc34)nn2)O[C@@H]2O[C@]3(C)CC[C@H]4[C@H](C)CC[C@@H]1[C@@]24OO3. The molecule has 3 aromatic rings. The van der Waals surface area contributed by atoms with Crippen molar-refractivity contribution >= 4 is 22.4 Å². The zero-order valence-electron chi connectivity index (χ0n) is 22.0. The normalized spacial score (nSPS) is 38.2. The average Bonchev–Trinajstić information content (AvgIpc) is 3.25. The van der Waals surface area contributed by atoms with Crippen LogP contribution in [0.1, 0.15) is 52.1 Å². The highest BCUT2D eigenvalue weighted by atomic mass is 35.5. The van der Waals surface area contributed by atoms with Crippen molar-refractivity contribution in [2.75, 3.05) is 6.61 Å². The molecule has 4 saturated heterocycles. The third kappa shape index (κ3) is 3.92. The van der Waals surface area contributed by atoms with E-state index in [0.29, 0.717) is 29.9 Å². The van der Waals surface area contributed by atoms with Gasteiger partial charge in [-0.2, -0.15) is 0 Å². The number of ether oxygens (including phenoxy) is 3. The van der Waals surface area contributed by atoms with E-state index in [0.717, 1.165) is 41.4 Å². The van der Waals surface area contributed by atoms with Crippen LogP contribution in [-0.2, 0) is 30.4 Å². The van der Waals surface area contributed by atoms with E-state index in [1.807, 2.05) is 54.2 Å². The van der Waals surface area contributed by atoms with Crippen LogP contribution in [0.2, 0.25) is 5.02 Å². The van der Waals surface area contributed by atoms with Crippen LogP contribution in [0.25, 0.3) is 16.5 Å². The van der Waals surface area contributed by atoms with E-state index in [2.05, 4.69) is 24.2 Å². The Morgan fingerprint density at radius 1 is 1.11 bits per heavy atom. The number of fused-ring (bicyclic) bond motifs is 3. The zero-order valence-corrected chi connectivity index (χ0v) is 22.8. The van der Waals surface area contributed by atoms with E-state index in [9.17, 15) is 0 Å². The highest BCUT2D eigenvalue weighted by Crippen LogP contribution is 2.60. The van der Waals surface area contributed by atoms with E-state index in [-0.39, 0.29) is 18.1 Å². The van der Waals surface area contributed by atoms with Crippen molar-refractivity contribution in [1.82, 2.24) is 15.0 Å². The van der Waals surface area contributed by atoms with Gasteiger partial charge in [0.2, 0.25) is 5.79 Å². The molecule has 5 heterocycles. The van der Waals surface area contributed by atoms with Crippen LogP contribution in [0.4, 0.5) is 0 Å². The lowest BCUT2D eigenvalue weighted by Gasteiger charge is -2.60. The standard InChI is InChI=1S/C29H34ClN3O5/c1-17-7-10-24-18(2)26(35-27-29(24)23(17)11-13-28(3,36-27)37-38-29)34-14-12-21-16-33(32-31-21)25-6-4-5-19-15-20(30)8-9-22(19)25/h4-6,8-9,15-18,23-24,26-27H,7,10-14H2,1-3H3/t17-,18-,23+,24+,26+,27-,28+,29-/m1/s1. The Hall–Kier alpha value is -2.07. The summed E-state index contributed by atoms with van der Waals surface area (Å²) in [5.41, 5.74) is 1.25. The molecule has 8 rings (SSSR count). The lowest BCUT2D eigenvalue weighted by Crippen LogP contribution is -2.70. The molecular formula is C29H34ClN3O5. The van der Waals surface area contributed by atoms with Gasteiger partial charge < -0.3 is 14.2 Å². The van der Waals surface area contributed by atoms with Crippen LogP contribution in [0.5, 0.6) is 0 Å². The van der Waals surface area contributed by atoms with Gasteiger partial charge in [0.25, 0.3) is 0 Å². The summed E-state index contributed by atoms with van der Waals surface area (Å²) in [4.78, 5) is 12.1. The molecule has 2 bridgehead atoms. The largest absolute Gasteiger partial charge is 0.352 e. The van der Waals surface area contributed by atoms with E-state index in [1.54, 1.807) is 0 Å². The summed E-state index contributed by atoms with van der Waals surface area (Å²) in [6.07, 6.45) is 5.75. The predicted octanol–water partition coefficient (Wildman–Crippen LogP) is 5.84. The molecule has 8 atom stereocenters. The molecule has 4 aliphatic heterocycles. The van der Waals surface area contributed by atoms with Gasteiger partial charge in [-0.25, -0.2) is 14.5 Å². The van der Waals surface area contributed by atoms with Gasteiger partial charge in [0, 0.05) is 35.1 Å². The molecule has 8 nitrogen and oxygen atoms in total. The molecule has 0 N–H and O–H groups in total. The summed E-state index contributed by atoms with van der Waals surface area (Å²) in [6.45, 7) is 6.95. The summed E-state index contributed by atoms with van der Waals surface area (Å²) >= 11 is 6.18. The molecule has 1 saturated carbocycles. The summed E-state index contributed by atoms with van der Waals surface area (Å²) in [6, 6.07) is 11.9. The maximum atomic E-state index is 6.53. The van der Waals surface area contributed by atoms with Crippen molar-refractivity contribution < 1.29 is 24.0 Å². The Balaban J connectivity index is 1.06. The maximum Gasteiger partial charge on any atom is 0.201 e. The molecule has 5 aliphatic rings. The lowest BCUT2D eigenvalue weighted by molar-refractivity contribution is -0.577. The van der Waals surface area contributed by atoms with Gasteiger partial charge >= 0.3 is 0 Å². The van der Waals surface area contributed by atoms with Crippen molar-refractivity contribution in [2.24, 2.45) is 23.7 Å². The number of hydrogen-bond donors (Lipinski definition) is 0. The van der Waals surface area contributed by atoms with Crippen LogP contribution in [0, 0.1) is 23.7 Å². The minimum Gasteiger partial charge on any atom is -0.352 e. The van der Waals surface area contributed by atoms with Gasteiger partial charge in [-0.15, -0.1) is 5.10 Å². The van der Waals surface area contributed by atoms with E-state index < -0.39 is 17.7 Å². The second-order valence-corrected chi connectivity index (χ2v) is 12.1. The van der Waals surface area contributed by atoms with Gasteiger partial charge in [0.1, 0.15) is 0 Å². The molecule has 1 aromatic heterocycles. The monoisotopic (exact) mass is 539 g/mol. The molecule has 9 heteroatoms. The highest BCUT2D eigenvalue weighted by Gasteiger charge is 2.69. The van der Waals surface area contributed by atoms with Crippen molar-refractivity contribution in [3.8, 4) is 5.69 Å². The first-order valence-electron chi connectivity index (χ1n) is 13.8. The molecular weight excluding hydrogens is 506 g/mol. The number of benzene rings is 2. The summed E-state index contributed by atoms with van der Waals surface area (Å²) in [7, 11) is 0. The second kappa shape index (κ2) is 9.25. The molecule has 2 aromatic carbocycles. The topological polar surface area (TPSA) is 76.9 Å². The molecule has 1 spiro atoms. The number of rotatable bonds is 5. The first-order valence-corrected chi connectivity index (χ1v) is 14.2. The molecule has 38 heavy (non-hydrogen) atoms. The number of aromatic nitrogens is 3. The number of hydrogen-bond acceptors (Lipinski definition) is 7. The van der Waals surface area contributed by atoms with Gasteiger partial charge in [0.05, 0.1) is 24.2 Å². The highest BCUT2D eigenvalue weighted by molar-refractivity contribution is 6.31. The fourth-order valence-corrected chi connectivity index (χ4v) is 7.49. The van der Waals surface area contributed by atoms with E-state index in [4.69, 9.17) is 35.6 Å². The van der Waals surface area contributed by atoms with Crippen LogP contribution < -0.4 is 0 Å².